The number of ether oxygens (including phenoxy) is 3. The predicted octanol–water partition coefficient (Wildman–Crippen LogP) is 3.80. The van der Waals surface area contributed by atoms with E-state index in [9.17, 15) is 19.2 Å². The monoisotopic (exact) mass is 555 g/mol. The van der Waals surface area contributed by atoms with E-state index < -0.39 is 57.6 Å². The number of carbonyl (C=O) groups excluding carboxylic acids is 4. The second-order valence-electron chi connectivity index (χ2n) is 10.1. The molecule has 0 saturated carbocycles. The number of carbonyl (C=O) groups is 4. The molecule has 2 rings (SSSR count). The molecule has 0 bridgehead atoms. The van der Waals surface area contributed by atoms with E-state index in [2.05, 4.69) is 15.1 Å². The highest BCUT2D eigenvalue weighted by Crippen LogP contribution is 2.29. The Kier molecular flexibility index (Phi) is 9.54. The molecule has 0 atom stereocenters. The van der Waals surface area contributed by atoms with E-state index in [1.54, 1.807) is 41.5 Å². The molecular weight excluding hydrogens is 525 g/mol. The molecule has 0 aliphatic carbocycles. The van der Waals surface area contributed by atoms with Gasteiger partial charge in [-0.2, -0.15) is 9.67 Å². The summed E-state index contributed by atoms with van der Waals surface area (Å²) in [5, 5.41) is 3.65. The lowest BCUT2D eigenvalue weighted by Crippen LogP contribution is -2.33. The minimum absolute atomic E-state index is 0.0477. The first-order valence-corrected chi connectivity index (χ1v) is 12.0. The highest BCUT2D eigenvalue weighted by Gasteiger charge is 2.31. The van der Waals surface area contributed by atoms with E-state index in [4.69, 9.17) is 25.8 Å². The van der Waals surface area contributed by atoms with Gasteiger partial charge in [-0.1, -0.05) is 0 Å². The van der Waals surface area contributed by atoms with Crippen LogP contribution in [0, 0.1) is 12.7 Å². The van der Waals surface area contributed by atoms with Gasteiger partial charge in [0, 0.05) is 18.3 Å². The van der Waals surface area contributed by atoms with Gasteiger partial charge in [0.2, 0.25) is 5.28 Å². The fourth-order valence-electron chi connectivity index (χ4n) is 3.05. The molecule has 0 saturated heterocycles. The number of aryl methyl sites for hydroxylation is 1. The first-order chi connectivity index (χ1) is 17.4. The molecule has 2 aromatic rings. The Bertz CT molecular complexity index is 1230. The van der Waals surface area contributed by atoms with Crippen LogP contribution in [0.5, 0.6) is 0 Å². The quantitative estimate of drug-likeness (QED) is 0.213. The van der Waals surface area contributed by atoms with E-state index in [-0.39, 0.29) is 31.1 Å². The molecule has 14 heteroatoms. The van der Waals surface area contributed by atoms with Crippen molar-refractivity contribution in [1.82, 2.24) is 19.7 Å². The second kappa shape index (κ2) is 11.8. The van der Waals surface area contributed by atoms with E-state index >= 15 is 4.39 Å². The van der Waals surface area contributed by atoms with Gasteiger partial charge in [0.05, 0.1) is 13.0 Å². The van der Waals surface area contributed by atoms with Gasteiger partial charge in [-0.3, -0.25) is 9.59 Å². The summed E-state index contributed by atoms with van der Waals surface area (Å²) in [7, 11) is 0. The summed E-state index contributed by atoms with van der Waals surface area (Å²) < 4.78 is 31.6. The lowest BCUT2D eigenvalue weighted by molar-refractivity contribution is -0.154. The molecule has 0 N–H and O–H groups in total. The molecule has 0 fully saturated rings. The number of esters is 3. The smallest absolute Gasteiger partial charge is 0.399 e. The second-order valence-corrected chi connectivity index (χ2v) is 10.4. The number of nitrogens with zero attached hydrogens (tertiary/aromatic N) is 5. The predicted molar refractivity (Wildman–Crippen MR) is 134 cm³/mol. The molecule has 0 unspecified atom stereocenters. The Balaban J connectivity index is 2.57. The lowest BCUT2D eigenvalue weighted by Gasteiger charge is -2.24. The van der Waals surface area contributed by atoms with E-state index in [0.29, 0.717) is 0 Å². The van der Waals surface area contributed by atoms with Crippen molar-refractivity contribution in [2.45, 2.75) is 73.0 Å². The largest absolute Gasteiger partial charge is 0.461 e. The maximum Gasteiger partial charge on any atom is 0.399 e. The summed E-state index contributed by atoms with van der Waals surface area (Å²) in [6, 6.07) is 1.36. The van der Waals surface area contributed by atoms with E-state index in [0.717, 1.165) is 9.58 Å². The number of aromatic nitrogens is 4. The molecule has 0 radical (unpaired) electrons. The SMILES string of the molecule is CCOC(=O)c1nc(Cl)nc(N(CCC(=O)OC(C)(C)C)c2cc(C)n(C(=O)C(=O)OC(C)(C)C)n2)c1F. The fourth-order valence-corrected chi connectivity index (χ4v) is 3.22. The van der Waals surface area contributed by atoms with Crippen LogP contribution in [0.2, 0.25) is 5.28 Å². The van der Waals surface area contributed by atoms with Gasteiger partial charge in [-0.15, -0.1) is 5.10 Å². The van der Waals surface area contributed by atoms with Gasteiger partial charge in [0.1, 0.15) is 11.2 Å². The number of hydrogen-bond donors (Lipinski definition) is 0. The number of rotatable bonds is 7. The minimum Gasteiger partial charge on any atom is -0.461 e. The van der Waals surface area contributed by atoms with Gasteiger partial charge in [0.25, 0.3) is 0 Å². The number of anilines is 2. The first kappa shape index (κ1) is 30.6. The number of hydrogen-bond acceptors (Lipinski definition) is 11. The van der Waals surface area contributed by atoms with E-state index in [1.165, 1.54) is 19.9 Å². The summed E-state index contributed by atoms with van der Waals surface area (Å²) in [4.78, 5) is 58.4. The van der Waals surface area contributed by atoms with Crippen molar-refractivity contribution in [3.63, 3.8) is 0 Å². The van der Waals surface area contributed by atoms with Gasteiger partial charge >= 0.3 is 23.8 Å². The van der Waals surface area contributed by atoms with Crippen LogP contribution >= 0.6 is 11.6 Å². The summed E-state index contributed by atoms with van der Waals surface area (Å²) in [5.74, 6) is -5.72. The third-order valence-corrected chi connectivity index (χ3v) is 4.58. The third kappa shape index (κ3) is 8.20. The minimum atomic E-state index is -1.19. The Morgan fingerprint density at radius 1 is 1.05 bits per heavy atom. The van der Waals surface area contributed by atoms with Crippen LogP contribution in [-0.2, 0) is 23.8 Å². The van der Waals surface area contributed by atoms with Crippen LogP contribution in [0.4, 0.5) is 16.0 Å². The Hall–Kier alpha value is -3.61. The third-order valence-electron chi connectivity index (χ3n) is 4.41. The summed E-state index contributed by atoms with van der Waals surface area (Å²) in [5.41, 5.74) is -2.24. The first-order valence-electron chi connectivity index (χ1n) is 11.7. The average molecular weight is 556 g/mol. The lowest BCUT2D eigenvalue weighted by atomic mass is 10.2. The van der Waals surface area contributed by atoms with Crippen molar-refractivity contribution in [3.8, 4) is 0 Å². The highest BCUT2D eigenvalue weighted by molar-refractivity contribution is 6.33. The normalized spacial score (nSPS) is 11.6. The molecule has 208 valence electrons. The Morgan fingerprint density at radius 2 is 1.66 bits per heavy atom. The molecular formula is C24H31ClFN5O7. The summed E-state index contributed by atoms with van der Waals surface area (Å²) in [6.07, 6.45) is -0.265. The molecule has 38 heavy (non-hydrogen) atoms. The fraction of sp³-hybridized carbons (Fsp3) is 0.542. The van der Waals surface area contributed by atoms with Crippen LogP contribution in [-0.4, -0.2) is 67.9 Å². The highest BCUT2D eigenvalue weighted by atomic mass is 35.5. The summed E-state index contributed by atoms with van der Waals surface area (Å²) >= 11 is 5.98. The average Bonchev–Trinajstić information content (AvgIpc) is 3.14. The van der Waals surface area contributed by atoms with Gasteiger partial charge < -0.3 is 19.1 Å². The van der Waals surface area contributed by atoms with Crippen molar-refractivity contribution in [1.29, 1.82) is 0 Å². The Morgan fingerprint density at radius 3 is 2.21 bits per heavy atom. The van der Waals surface area contributed by atoms with Crippen molar-refractivity contribution in [2.24, 2.45) is 0 Å². The van der Waals surface area contributed by atoms with Crippen molar-refractivity contribution in [3.05, 3.63) is 28.6 Å². The molecule has 0 amide bonds. The van der Waals surface area contributed by atoms with Gasteiger partial charge in [-0.25, -0.2) is 19.0 Å². The zero-order valence-corrected chi connectivity index (χ0v) is 23.3. The maximum atomic E-state index is 15.5. The van der Waals surface area contributed by atoms with Crippen LogP contribution in [0.1, 0.15) is 75.9 Å². The molecule has 0 aromatic carbocycles. The van der Waals surface area contributed by atoms with Crippen molar-refractivity contribution in [2.75, 3.05) is 18.1 Å². The molecule has 0 spiro atoms. The molecule has 2 aromatic heterocycles. The van der Waals surface area contributed by atoms with Crippen molar-refractivity contribution >= 4 is 47.1 Å². The topological polar surface area (TPSA) is 143 Å². The molecule has 2 heterocycles. The zero-order valence-electron chi connectivity index (χ0n) is 22.5. The standard InChI is InChI=1S/C24H31ClFN5O7/c1-9-36-20(34)17-16(26)18(28-22(25)27-17)30(11-10-15(32)37-23(3,4)5)14-12-13(2)31(29-14)19(33)21(35)38-24(6,7)8/h12H,9-11H2,1-8H3. The van der Waals surface area contributed by atoms with Gasteiger partial charge in [0.15, 0.2) is 23.1 Å². The summed E-state index contributed by atoms with van der Waals surface area (Å²) in [6.45, 7) is 12.6. The van der Waals surface area contributed by atoms with Crippen LogP contribution < -0.4 is 4.90 Å². The van der Waals surface area contributed by atoms with Crippen LogP contribution in [0.15, 0.2) is 6.07 Å². The number of halogens is 2. The van der Waals surface area contributed by atoms with Crippen LogP contribution in [0.3, 0.4) is 0 Å². The van der Waals surface area contributed by atoms with E-state index in [1.807, 2.05) is 0 Å². The molecule has 0 aliphatic rings. The zero-order chi connectivity index (χ0) is 29.0. The maximum absolute atomic E-state index is 15.5. The molecule has 12 nitrogen and oxygen atoms in total. The Labute approximate surface area is 224 Å². The van der Waals surface area contributed by atoms with Crippen LogP contribution in [0.25, 0.3) is 0 Å². The van der Waals surface area contributed by atoms with Crippen molar-refractivity contribution < 1.29 is 37.8 Å². The molecule has 0 aliphatic heterocycles. The van der Waals surface area contributed by atoms with Gasteiger partial charge in [-0.05, 0) is 67.0 Å².